The number of hydrogen-bond donors (Lipinski definition) is 2. The highest BCUT2D eigenvalue weighted by molar-refractivity contribution is 5.95. The number of carbonyl (C=O) groups excluding carboxylic acids is 1. The third kappa shape index (κ3) is 3.70. The standard InChI is InChI=1S/C18H27N3O3/c1-11-8-14(12(2)24-11)18(6,23)10-19-16(22)13-9-21(7)20-15(13)17(3,4)5/h8-9,23H,10H2,1-7H3,(H,19,22). The minimum Gasteiger partial charge on any atom is -0.466 e. The summed E-state index contributed by atoms with van der Waals surface area (Å²) in [5.74, 6) is 1.14. The fraction of sp³-hybridized carbons (Fsp3) is 0.556. The Kier molecular flexibility index (Phi) is 4.63. The molecule has 0 spiro atoms. The van der Waals surface area contributed by atoms with Gasteiger partial charge in [0.05, 0.1) is 17.8 Å². The van der Waals surface area contributed by atoms with E-state index in [4.69, 9.17) is 4.42 Å². The molecule has 2 heterocycles. The van der Waals surface area contributed by atoms with Crippen molar-refractivity contribution in [2.45, 2.75) is 52.6 Å². The van der Waals surface area contributed by atoms with Gasteiger partial charge in [0, 0.05) is 24.2 Å². The number of aliphatic hydroxyl groups is 1. The van der Waals surface area contributed by atoms with Gasteiger partial charge < -0.3 is 14.8 Å². The number of rotatable bonds is 4. The van der Waals surface area contributed by atoms with Crippen LogP contribution in [0.25, 0.3) is 0 Å². The molecule has 1 amide bonds. The van der Waals surface area contributed by atoms with E-state index in [1.54, 1.807) is 37.8 Å². The number of carbonyl (C=O) groups is 1. The molecule has 2 aromatic heterocycles. The molecule has 2 N–H and O–H groups in total. The molecule has 2 aromatic rings. The molecule has 2 rings (SSSR count). The van der Waals surface area contributed by atoms with Crippen molar-refractivity contribution in [3.63, 3.8) is 0 Å². The lowest BCUT2D eigenvalue weighted by Crippen LogP contribution is -2.39. The van der Waals surface area contributed by atoms with Gasteiger partial charge in [-0.25, -0.2) is 0 Å². The number of hydrogen-bond acceptors (Lipinski definition) is 4. The Morgan fingerprint density at radius 3 is 2.46 bits per heavy atom. The van der Waals surface area contributed by atoms with Crippen LogP contribution < -0.4 is 5.32 Å². The average Bonchev–Trinajstić information content (AvgIpc) is 2.99. The second-order valence-electron chi connectivity index (χ2n) is 7.60. The van der Waals surface area contributed by atoms with Gasteiger partial charge in [0.25, 0.3) is 5.91 Å². The Bertz CT molecular complexity index is 748. The lowest BCUT2D eigenvalue weighted by atomic mass is 9.89. The predicted molar refractivity (Wildman–Crippen MR) is 92.0 cm³/mol. The lowest BCUT2D eigenvalue weighted by Gasteiger charge is -2.24. The zero-order valence-corrected chi connectivity index (χ0v) is 15.5. The predicted octanol–water partition coefficient (Wildman–Crippen LogP) is 2.56. The Hall–Kier alpha value is -2.08. The highest BCUT2D eigenvalue weighted by Gasteiger charge is 2.30. The van der Waals surface area contributed by atoms with Crippen molar-refractivity contribution in [2.24, 2.45) is 7.05 Å². The summed E-state index contributed by atoms with van der Waals surface area (Å²) in [6.07, 6.45) is 1.71. The molecule has 0 aliphatic heterocycles. The van der Waals surface area contributed by atoms with E-state index < -0.39 is 5.60 Å². The van der Waals surface area contributed by atoms with Crippen LogP contribution in [0.4, 0.5) is 0 Å². The molecule has 0 saturated heterocycles. The molecule has 0 saturated carbocycles. The molecule has 0 aliphatic rings. The molecule has 6 heteroatoms. The lowest BCUT2D eigenvalue weighted by molar-refractivity contribution is 0.0513. The minimum atomic E-state index is -1.21. The van der Waals surface area contributed by atoms with E-state index in [1.165, 1.54) is 0 Å². The molecule has 0 aromatic carbocycles. The van der Waals surface area contributed by atoms with Crippen molar-refractivity contribution in [1.29, 1.82) is 0 Å². The topological polar surface area (TPSA) is 80.3 Å². The molecule has 6 nitrogen and oxygen atoms in total. The normalized spacial score (nSPS) is 14.5. The van der Waals surface area contributed by atoms with Crippen molar-refractivity contribution in [1.82, 2.24) is 15.1 Å². The van der Waals surface area contributed by atoms with E-state index in [2.05, 4.69) is 10.4 Å². The molecule has 0 bridgehead atoms. The quantitative estimate of drug-likeness (QED) is 0.901. The molecular weight excluding hydrogens is 306 g/mol. The minimum absolute atomic E-state index is 0.0874. The first-order valence-corrected chi connectivity index (χ1v) is 8.04. The fourth-order valence-corrected chi connectivity index (χ4v) is 2.82. The van der Waals surface area contributed by atoms with Crippen LogP contribution >= 0.6 is 0 Å². The molecule has 1 atom stereocenters. The zero-order chi connectivity index (χ0) is 18.3. The van der Waals surface area contributed by atoms with Crippen molar-refractivity contribution in [3.8, 4) is 0 Å². The Morgan fingerprint density at radius 2 is 1.96 bits per heavy atom. The number of nitrogens with zero attached hydrogens (tertiary/aromatic N) is 2. The summed E-state index contributed by atoms with van der Waals surface area (Å²) in [5.41, 5.74) is 0.497. The molecule has 24 heavy (non-hydrogen) atoms. The first-order valence-electron chi connectivity index (χ1n) is 8.04. The first kappa shape index (κ1) is 18.3. The summed E-state index contributed by atoms with van der Waals surface area (Å²) in [5, 5.41) is 17.9. The van der Waals surface area contributed by atoms with Gasteiger partial charge in [-0.2, -0.15) is 5.10 Å². The maximum atomic E-state index is 12.6. The van der Waals surface area contributed by atoms with E-state index in [-0.39, 0.29) is 17.9 Å². The number of aromatic nitrogens is 2. The summed E-state index contributed by atoms with van der Waals surface area (Å²) in [4.78, 5) is 12.6. The summed E-state index contributed by atoms with van der Waals surface area (Å²) < 4.78 is 7.11. The molecular formula is C18H27N3O3. The van der Waals surface area contributed by atoms with Gasteiger partial charge in [0.1, 0.15) is 17.1 Å². The molecule has 0 aliphatic carbocycles. The Labute approximate surface area is 142 Å². The summed E-state index contributed by atoms with van der Waals surface area (Å²) in [7, 11) is 1.79. The highest BCUT2D eigenvalue weighted by atomic mass is 16.3. The zero-order valence-electron chi connectivity index (χ0n) is 15.5. The number of furan rings is 1. The van der Waals surface area contributed by atoms with Crippen LogP contribution in [0.2, 0.25) is 0 Å². The second-order valence-corrected chi connectivity index (χ2v) is 7.60. The monoisotopic (exact) mass is 333 g/mol. The molecule has 0 radical (unpaired) electrons. The van der Waals surface area contributed by atoms with E-state index in [0.29, 0.717) is 16.9 Å². The smallest absolute Gasteiger partial charge is 0.254 e. The van der Waals surface area contributed by atoms with E-state index in [1.807, 2.05) is 27.7 Å². The average molecular weight is 333 g/mol. The number of amides is 1. The highest BCUT2D eigenvalue weighted by Crippen LogP contribution is 2.27. The largest absolute Gasteiger partial charge is 0.466 e. The van der Waals surface area contributed by atoms with E-state index >= 15 is 0 Å². The maximum Gasteiger partial charge on any atom is 0.254 e. The van der Waals surface area contributed by atoms with Crippen molar-refractivity contribution in [2.75, 3.05) is 6.54 Å². The number of nitrogens with one attached hydrogen (secondary N) is 1. The Morgan fingerprint density at radius 1 is 1.33 bits per heavy atom. The van der Waals surface area contributed by atoms with Crippen LogP contribution in [0.15, 0.2) is 16.7 Å². The first-order chi connectivity index (χ1) is 10.9. The summed E-state index contributed by atoms with van der Waals surface area (Å²) >= 11 is 0. The van der Waals surface area contributed by atoms with Crippen LogP contribution in [-0.4, -0.2) is 27.3 Å². The van der Waals surface area contributed by atoms with Crippen molar-refractivity contribution in [3.05, 3.63) is 40.6 Å². The van der Waals surface area contributed by atoms with Gasteiger partial charge in [-0.3, -0.25) is 9.48 Å². The molecule has 132 valence electrons. The van der Waals surface area contributed by atoms with Gasteiger partial charge in [0.15, 0.2) is 0 Å². The SMILES string of the molecule is Cc1cc(C(C)(O)CNC(=O)c2cn(C)nc2C(C)(C)C)c(C)o1. The van der Waals surface area contributed by atoms with E-state index in [9.17, 15) is 9.90 Å². The maximum absolute atomic E-state index is 12.6. The van der Waals surface area contributed by atoms with Crippen LogP contribution in [0.1, 0.15) is 60.8 Å². The fourth-order valence-electron chi connectivity index (χ4n) is 2.82. The van der Waals surface area contributed by atoms with Gasteiger partial charge >= 0.3 is 0 Å². The van der Waals surface area contributed by atoms with Crippen LogP contribution in [-0.2, 0) is 18.1 Å². The van der Waals surface area contributed by atoms with Crippen LogP contribution in [0.3, 0.4) is 0 Å². The Balaban J connectivity index is 2.18. The van der Waals surface area contributed by atoms with Crippen molar-refractivity contribution >= 4 is 5.91 Å². The number of aryl methyl sites for hydroxylation is 3. The van der Waals surface area contributed by atoms with Gasteiger partial charge in [0.2, 0.25) is 0 Å². The van der Waals surface area contributed by atoms with Gasteiger partial charge in [-0.1, -0.05) is 20.8 Å². The third-order valence-corrected chi connectivity index (χ3v) is 4.00. The van der Waals surface area contributed by atoms with Crippen LogP contribution in [0.5, 0.6) is 0 Å². The van der Waals surface area contributed by atoms with E-state index in [0.717, 1.165) is 11.5 Å². The van der Waals surface area contributed by atoms with Gasteiger partial charge in [-0.05, 0) is 26.8 Å². The molecule has 1 unspecified atom stereocenters. The van der Waals surface area contributed by atoms with Crippen LogP contribution in [0, 0.1) is 13.8 Å². The van der Waals surface area contributed by atoms with Crippen molar-refractivity contribution < 1.29 is 14.3 Å². The summed E-state index contributed by atoms with van der Waals surface area (Å²) in [6, 6.07) is 1.80. The third-order valence-electron chi connectivity index (χ3n) is 4.00. The van der Waals surface area contributed by atoms with Gasteiger partial charge in [-0.15, -0.1) is 0 Å². The molecule has 0 fully saturated rings. The summed E-state index contributed by atoms with van der Waals surface area (Å²) in [6.45, 7) is 11.4. The second kappa shape index (κ2) is 6.09.